The van der Waals surface area contributed by atoms with Crippen molar-refractivity contribution in [1.29, 1.82) is 0 Å². The van der Waals surface area contributed by atoms with Crippen molar-refractivity contribution in [3.8, 4) is 0 Å². The van der Waals surface area contributed by atoms with Crippen LogP contribution < -0.4 is 5.56 Å². The van der Waals surface area contributed by atoms with Crippen molar-refractivity contribution in [2.75, 3.05) is 6.61 Å². The molecule has 2 aliphatic rings. The lowest BCUT2D eigenvalue weighted by Crippen LogP contribution is -2.18. The van der Waals surface area contributed by atoms with Gasteiger partial charge in [0.05, 0.1) is 12.9 Å². The average molecular weight is 556 g/mol. The van der Waals surface area contributed by atoms with E-state index in [9.17, 15) is 28.3 Å². The van der Waals surface area contributed by atoms with Gasteiger partial charge in [-0.1, -0.05) is 13.8 Å². The molecule has 0 saturated heterocycles. The van der Waals surface area contributed by atoms with Gasteiger partial charge in [0.1, 0.15) is 5.82 Å². The highest BCUT2D eigenvalue weighted by Crippen LogP contribution is 2.67. The van der Waals surface area contributed by atoms with Crippen LogP contribution in [0.2, 0.25) is 0 Å². The number of phosphoric ester groups is 1. The highest BCUT2D eigenvalue weighted by atomic mass is 31.3. The van der Waals surface area contributed by atoms with E-state index in [1.165, 1.54) is 0 Å². The molecule has 6 atom stereocenters. The number of imidazole rings is 1. The van der Waals surface area contributed by atoms with Crippen LogP contribution in [0.1, 0.15) is 45.0 Å². The molecule has 196 valence electrons. The molecule has 2 aromatic heterocycles. The summed E-state index contributed by atoms with van der Waals surface area (Å²) in [4.78, 5) is 60.1. The van der Waals surface area contributed by atoms with Crippen molar-refractivity contribution in [3.05, 3.63) is 22.5 Å². The van der Waals surface area contributed by atoms with Gasteiger partial charge in [-0.2, -0.15) is 8.62 Å². The summed E-state index contributed by atoms with van der Waals surface area (Å²) in [6.07, 6.45) is 3.68. The second-order valence-electron chi connectivity index (χ2n) is 9.83. The van der Waals surface area contributed by atoms with Gasteiger partial charge in [0.25, 0.3) is 5.56 Å². The minimum absolute atomic E-state index is 0.0269. The molecule has 3 unspecified atom stereocenters. The number of aryl methyl sites for hydroxylation is 1. The smallest absolute Gasteiger partial charge is 0.312 e. The number of phosphoric acid groups is 3. The maximum atomic E-state index is 12.3. The lowest BCUT2D eigenvalue weighted by molar-refractivity contribution is 0.136. The molecule has 0 radical (unpaired) electrons. The number of hydrogen-bond donors (Lipinski definition) is 5. The van der Waals surface area contributed by atoms with Crippen molar-refractivity contribution < 1.29 is 46.4 Å². The quantitative estimate of drug-likeness (QED) is 0.295. The van der Waals surface area contributed by atoms with E-state index in [1.54, 1.807) is 13.3 Å². The first-order chi connectivity index (χ1) is 16.0. The van der Waals surface area contributed by atoms with Crippen LogP contribution >= 0.6 is 23.5 Å². The number of nitrogens with zero attached hydrogens (tertiary/aromatic N) is 3. The van der Waals surface area contributed by atoms with E-state index < -0.39 is 23.5 Å². The molecule has 15 nitrogen and oxygen atoms in total. The minimum Gasteiger partial charge on any atom is -0.312 e. The van der Waals surface area contributed by atoms with Crippen molar-refractivity contribution >= 4 is 34.6 Å². The number of aromatic amines is 1. The molecule has 2 heterocycles. The summed E-state index contributed by atoms with van der Waals surface area (Å²) in [5.41, 5.74) is 0.270. The van der Waals surface area contributed by atoms with Crippen LogP contribution in [0.4, 0.5) is 0 Å². The summed E-state index contributed by atoms with van der Waals surface area (Å²) >= 11 is 0. The van der Waals surface area contributed by atoms with Crippen LogP contribution in [0.25, 0.3) is 11.2 Å². The maximum Gasteiger partial charge on any atom is 0.490 e. The molecule has 0 spiro atoms. The molecule has 0 amide bonds. The molecule has 2 saturated carbocycles. The summed E-state index contributed by atoms with van der Waals surface area (Å²) < 4.78 is 49.1. The third-order valence-electron chi connectivity index (χ3n) is 6.55. The van der Waals surface area contributed by atoms with Gasteiger partial charge < -0.3 is 29.1 Å². The molecule has 4 rings (SSSR count). The second kappa shape index (κ2) is 8.95. The Labute approximate surface area is 199 Å². The molecule has 0 aromatic carbocycles. The Kier molecular flexibility index (Phi) is 6.86. The first-order valence-electron chi connectivity index (χ1n) is 10.7. The molecule has 35 heavy (non-hydrogen) atoms. The Hall–Kier alpha value is -1.24. The Morgan fingerprint density at radius 1 is 1.11 bits per heavy atom. The summed E-state index contributed by atoms with van der Waals surface area (Å²) in [6, 6.07) is -0.130. The maximum absolute atomic E-state index is 12.3. The van der Waals surface area contributed by atoms with Crippen molar-refractivity contribution in [1.82, 2.24) is 19.5 Å². The molecule has 0 bridgehead atoms. The van der Waals surface area contributed by atoms with Gasteiger partial charge in [-0.25, -0.2) is 23.7 Å². The third kappa shape index (κ3) is 6.02. The summed E-state index contributed by atoms with van der Waals surface area (Å²) in [5.74, 6) is 0.355. The Balaban J connectivity index is 1.55. The predicted octanol–water partition coefficient (Wildman–Crippen LogP) is 2.38. The van der Waals surface area contributed by atoms with E-state index in [2.05, 4.69) is 37.4 Å². The van der Waals surface area contributed by atoms with E-state index >= 15 is 0 Å². The fraction of sp³-hybridized carbons (Fsp3) is 0.706. The molecule has 0 aliphatic heterocycles. The average Bonchev–Trinajstić information content (AvgIpc) is 3.28. The van der Waals surface area contributed by atoms with Crippen LogP contribution in [-0.2, 0) is 26.8 Å². The predicted molar refractivity (Wildman–Crippen MR) is 120 cm³/mol. The minimum atomic E-state index is -5.58. The van der Waals surface area contributed by atoms with Gasteiger partial charge in [0, 0.05) is 6.04 Å². The first kappa shape index (κ1) is 26.8. The summed E-state index contributed by atoms with van der Waals surface area (Å²) in [6.45, 7) is 5.57. The first-order valence-corrected chi connectivity index (χ1v) is 15.2. The van der Waals surface area contributed by atoms with E-state index in [1.807, 2.05) is 4.57 Å². The van der Waals surface area contributed by atoms with Gasteiger partial charge in [-0.15, -0.1) is 0 Å². The number of fused-ring (bicyclic) bond motifs is 2. The molecule has 2 aromatic rings. The van der Waals surface area contributed by atoms with Crippen LogP contribution in [0, 0.1) is 30.1 Å². The zero-order chi connectivity index (χ0) is 26.0. The lowest BCUT2D eigenvalue weighted by atomic mass is 9.86. The van der Waals surface area contributed by atoms with Crippen molar-refractivity contribution in [2.45, 2.75) is 46.1 Å². The Morgan fingerprint density at radius 3 is 2.43 bits per heavy atom. The molecule has 5 N–H and O–H groups in total. The van der Waals surface area contributed by atoms with E-state index in [4.69, 9.17) is 14.3 Å². The summed E-state index contributed by atoms with van der Waals surface area (Å²) in [5, 5.41) is 0. The molecule has 2 fully saturated rings. The van der Waals surface area contributed by atoms with E-state index in [-0.39, 0.29) is 46.9 Å². The van der Waals surface area contributed by atoms with Gasteiger partial charge in [-0.05, 0) is 49.4 Å². The number of aromatic nitrogens is 4. The van der Waals surface area contributed by atoms with Gasteiger partial charge in [-0.3, -0.25) is 9.32 Å². The van der Waals surface area contributed by atoms with Crippen LogP contribution in [0.15, 0.2) is 11.1 Å². The Morgan fingerprint density at radius 2 is 1.77 bits per heavy atom. The largest absolute Gasteiger partial charge is 0.490 e. The standard InChI is InChI=1S/C17H27N4O11P3/c1-9-19-15-14(16(22)20-9)18-8-21(15)13-4-10(11-5-17(2,3)6-12(11)13)7-30-34(26,27)32-35(28,29)31-33(23,24)25/h8,10-13H,4-7H2,1-3H3,(H,26,27)(H,28,29)(H,19,20,22)(H2,23,24,25)/t10-,11?,12+,13-/m1/s1. The van der Waals surface area contributed by atoms with Crippen molar-refractivity contribution in [3.63, 3.8) is 0 Å². The number of rotatable bonds is 8. The zero-order valence-electron chi connectivity index (χ0n) is 19.0. The molecular formula is C17H27N4O11P3. The normalized spacial score (nSPS) is 29.7. The van der Waals surface area contributed by atoms with Gasteiger partial charge >= 0.3 is 23.5 Å². The Bertz CT molecular complexity index is 1330. The fourth-order valence-corrected chi connectivity index (χ4v) is 8.62. The SMILES string of the molecule is Cc1nc2c(ncn2[C@@H]2C[C@H](COP(=O)(O)OP(=O)(O)OP(=O)(O)O)C3CC(C)(C)C[C@@H]32)c(=O)[nH]1. The highest BCUT2D eigenvalue weighted by molar-refractivity contribution is 7.66. The molecule has 2 aliphatic carbocycles. The summed E-state index contributed by atoms with van der Waals surface area (Å²) in [7, 11) is -16.3. The number of nitrogens with one attached hydrogen (secondary N) is 1. The third-order valence-corrected chi connectivity index (χ3v) is 10.3. The number of H-pyrrole nitrogens is 1. The van der Waals surface area contributed by atoms with Crippen LogP contribution in [-0.4, -0.2) is 45.7 Å². The fourth-order valence-electron chi connectivity index (χ4n) is 5.54. The second-order valence-corrected chi connectivity index (χ2v) is 14.2. The topological polar surface area (TPSA) is 223 Å². The van der Waals surface area contributed by atoms with E-state index in [0.29, 0.717) is 17.9 Å². The van der Waals surface area contributed by atoms with Crippen molar-refractivity contribution in [2.24, 2.45) is 23.2 Å². The zero-order valence-corrected chi connectivity index (χ0v) is 21.7. The lowest BCUT2D eigenvalue weighted by Gasteiger charge is -2.24. The van der Waals surface area contributed by atoms with Gasteiger partial charge in [0.2, 0.25) is 0 Å². The highest BCUT2D eigenvalue weighted by Gasteiger charge is 2.53. The van der Waals surface area contributed by atoms with Crippen LogP contribution in [0.5, 0.6) is 0 Å². The van der Waals surface area contributed by atoms with Gasteiger partial charge in [0.15, 0.2) is 11.2 Å². The monoisotopic (exact) mass is 556 g/mol. The number of hydrogen-bond acceptors (Lipinski definition) is 9. The van der Waals surface area contributed by atoms with E-state index in [0.717, 1.165) is 12.8 Å². The van der Waals surface area contributed by atoms with Crippen LogP contribution in [0.3, 0.4) is 0 Å². The molecular weight excluding hydrogens is 529 g/mol. The molecule has 18 heteroatoms.